The number of aliphatic hydroxyl groups is 1. The van der Waals surface area contributed by atoms with Crippen molar-refractivity contribution in [2.24, 2.45) is 0 Å². The second kappa shape index (κ2) is 5.00. The second-order valence-electron chi connectivity index (χ2n) is 5.99. The van der Waals surface area contributed by atoms with E-state index in [9.17, 15) is 14.3 Å². The van der Waals surface area contributed by atoms with Gasteiger partial charge in [0.15, 0.2) is 0 Å². The fourth-order valence-electron chi connectivity index (χ4n) is 2.07. The van der Waals surface area contributed by atoms with Crippen LogP contribution >= 0.6 is 15.9 Å². The van der Waals surface area contributed by atoms with Gasteiger partial charge in [-0.15, -0.1) is 0 Å². The van der Waals surface area contributed by atoms with Gasteiger partial charge in [-0.25, -0.2) is 9.18 Å². The van der Waals surface area contributed by atoms with Gasteiger partial charge in [0, 0.05) is 10.0 Å². The molecule has 0 saturated carbocycles. The number of carbonyl (C=O) groups is 1. The molecule has 1 aliphatic rings. The van der Waals surface area contributed by atoms with E-state index in [0.717, 1.165) is 0 Å². The first-order chi connectivity index (χ1) is 9.11. The molecule has 110 valence electrons. The molecule has 1 aromatic carbocycles. The van der Waals surface area contributed by atoms with Crippen LogP contribution in [0.2, 0.25) is 0 Å². The number of β-amino-alcohol motifs (C(OH)–C–C–N with tert-alkyl or cyclic N) is 1. The molecule has 0 spiro atoms. The Morgan fingerprint density at radius 3 is 2.60 bits per heavy atom. The smallest absolute Gasteiger partial charge is 0.410 e. The monoisotopic (exact) mass is 345 g/mol. The Hall–Kier alpha value is -1.14. The van der Waals surface area contributed by atoms with E-state index in [-0.39, 0.29) is 13.1 Å². The highest BCUT2D eigenvalue weighted by atomic mass is 79.9. The normalized spacial score (nSPS) is 17.6. The molecule has 0 atom stereocenters. The van der Waals surface area contributed by atoms with Crippen LogP contribution in [0.1, 0.15) is 26.3 Å². The largest absolute Gasteiger partial charge is 0.444 e. The van der Waals surface area contributed by atoms with Crippen LogP contribution in [0.25, 0.3) is 0 Å². The van der Waals surface area contributed by atoms with E-state index in [2.05, 4.69) is 15.9 Å². The zero-order valence-electron chi connectivity index (χ0n) is 11.6. The van der Waals surface area contributed by atoms with Gasteiger partial charge in [0.2, 0.25) is 0 Å². The summed E-state index contributed by atoms with van der Waals surface area (Å²) in [4.78, 5) is 13.2. The SMILES string of the molecule is CC(C)(C)OC(=O)N1CC(O)(c2cc(F)ccc2Br)C1. The summed E-state index contributed by atoms with van der Waals surface area (Å²) < 4.78 is 19.1. The van der Waals surface area contributed by atoms with Crippen LogP contribution in [0, 0.1) is 5.82 Å². The van der Waals surface area contributed by atoms with Gasteiger partial charge in [-0.3, -0.25) is 0 Å². The van der Waals surface area contributed by atoms with E-state index in [1.54, 1.807) is 26.8 Å². The lowest BCUT2D eigenvalue weighted by Gasteiger charge is -2.46. The third-order valence-corrected chi connectivity index (χ3v) is 3.68. The first-order valence-electron chi connectivity index (χ1n) is 6.27. The van der Waals surface area contributed by atoms with Crippen molar-refractivity contribution in [1.29, 1.82) is 0 Å². The van der Waals surface area contributed by atoms with Crippen LogP contribution in [0.3, 0.4) is 0 Å². The van der Waals surface area contributed by atoms with Crippen molar-refractivity contribution < 1.29 is 19.0 Å². The molecule has 1 saturated heterocycles. The van der Waals surface area contributed by atoms with Gasteiger partial charge in [-0.1, -0.05) is 15.9 Å². The van der Waals surface area contributed by atoms with Gasteiger partial charge in [-0.05, 0) is 39.0 Å². The number of carbonyl (C=O) groups excluding carboxylic acids is 1. The Labute approximate surface area is 125 Å². The first kappa shape index (κ1) is 15.3. The molecule has 20 heavy (non-hydrogen) atoms. The molecule has 0 aromatic heterocycles. The molecule has 1 aromatic rings. The molecule has 2 rings (SSSR count). The molecule has 0 aliphatic carbocycles. The van der Waals surface area contributed by atoms with Crippen molar-refractivity contribution in [3.8, 4) is 0 Å². The Bertz CT molecular complexity index is 536. The number of hydrogen-bond acceptors (Lipinski definition) is 3. The minimum atomic E-state index is -1.24. The molecule has 1 aliphatic heterocycles. The maximum atomic E-state index is 13.3. The van der Waals surface area contributed by atoms with Crippen molar-refractivity contribution in [3.05, 3.63) is 34.1 Å². The third-order valence-electron chi connectivity index (χ3n) is 2.99. The summed E-state index contributed by atoms with van der Waals surface area (Å²) in [5, 5.41) is 10.5. The summed E-state index contributed by atoms with van der Waals surface area (Å²) in [6.45, 7) is 5.51. The predicted molar refractivity (Wildman–Crippen MR) is 75.8 cm³/mol. The van der Waals surface area contributed by atoms with Crippen LogP contribution in [0.15, 0.2) is 22.7 Å². The summed E-state index contributed by atoms with van der Waals surface area (Å²) in [7, 11) is 0. The summed E-state index contributed by atoms with van der Waals surface area (Å²) in [6, 6.07) is 4.12. The van der Waals surface area contributed by atoms with Crippen LogP contribution in [-0.2, 0) is 10.3 Å². The van der Waals surface area contributed by atoms with Crippen molar-refractivity contribution >= 4 is 22.0 Å². The first-order valence-corrected chi connectivity index (χ1v) is 7.06. The zero-order valence-corrected chi connectivity index (χ0v) is 13.2. The maximum Gasteiger partial charge on any atom is 0.410 e. The van der Waals surface area contributed by atoms with Crippen LogP contribution in [0.5, 0.6) is 0 Å². The number of likely N-dealkylation sites (tertiary alicyclic amines) is 1. The van der Waals surface area contributed by atoms with Gasteiger partial charge in [-0.2, -0.15) is 0 Å². The van der Waals surface area contributed by atoms with Gasteiger partial charge in [0.25, 0.3) is 0 Å². The van der Waals surface area contributed by atoms with E-state index in [0.29, 0.717) is 10.0 Å². The predicted octanol–water partition coefficient (Wildman–Crippen LogP) is 3.03. The Morgan fingerprint density at radius 1 is 1.45 bits per heavy atom. The molecule has 0 radical (unpaired) electrons. The van der Waals surface area contributed by atoms with Gasteiger partial charge < -0.3 is 14.7 Å². The number of ether oxygens (including phenoxy) is 1. The van der Waals surface area contributed by atoms with E-state index in [1.165, 1.54) is 17.0 Å². The number of halogens is 2. The average molecular weight is 346 g/mol. The Morgan fingerprint density at radius 2 is 2.05 bits per heavy atom. The number of hydrogen-bond donors (Lipinski definition) is 1. The number of nitrogens with zero attached hydrogens (tertiary/aromatic N) is 1. The second-order valence-corrected chi connectivity index (χ2v) is 6.85. The molecule has 1 heterocycles. The lowest BCUT2D eigenvalue weighted by Crippen LogP contribution is -2.62. The average Bonchev–Trinajstić information content (AvgIpc) is 2.25. The van der Waals surface area contributed by atoms with Crippen LogP contribution in [0.4, 0.5) is 9.18 Å². The highest BCUT2D eigenvalue weighted by Crippen LogP contribution is 2.37. The fraction of sp³-hybridized carbons (Fsp3) is 0.500. The molecule has 1 fully saturated rings. The summed E-state index contributed by atoms with van der Waals surface area (Å²) in [5.74, 6) is -0.424. The van der Waals surface area contributed by atoms with E-state index >= 15 is 0 Å². The zero-order chi connectivity index (χ0) is 15.1. The van der Waals surface area contributed by atoms with Crippen LogP contribution < -0.4 is 0 Å². The van der Waals surface area contributed by atoms with Gasteiger partial charge in [0.05, 0.1) is 13.1 Å². The molecule has 0 unspecified atom stereocenters. The van der Waals surface area contributed by atoms with E-state index < -0.39 is 23.1 Å². The molecule has 4 nitrogen and oxygen atoms in total. The summed E-state index contributed by atoms with van der Waals surface area (Å²) >= 11 is 3.29. The highest BCUT2D eigenvalue weighted by molar-refractivity contribution is 9.10. The maximum absolute atomic E-state index is 13.3. The Kier molecular flexibility index (Phi) is 3.81. The third kappa shape index (κ3) is 3.12. The molecular weight excluding hydrogens is 329 g/mol. The lowest BCUT2D eigenvalue weighted by molar-refractivity contribution is -0.104. The quantitative estimate of drug-likeness (QED) is 0.850. The summed E-state index contributed by atoms with van der Waals surface area (Å²) in [5.41, 5.74) is -1.38. The molecule has 1 amide bonds. The topological polar surface area (TPSA) is 49.8 Å². The van der Waals surface area contributed by atoms with Crippen molar-refractivity contribution in [3.63, 3.8) is 0 Å². The molecule has 0 bridgehead atoms. The minimum Gasteiger partial charge on any atom is -0.444 e. The number of amides is 1. The summed E-state index contributed by atoms with van der Waals surface area (Å²) in [6.07, 6.45) is -0.477. The van der Waals surface area contributed by atoms with Crippen LogP contribution in [-0.4, -0.2) is 34.8 Å². The van der Waals surface area contributed by atoms with Gasteiger partial charge >= 0.3 is 6.09 Å². The number of rotatable bonds is 1. The van der Waals surface area contributed by atoms with Crippen molar-refractivity contribution in [2.75, 3.05) is 13.1 Å². The number of benzene rings is 1. The van der Waals surface area contributed by atoms with Gasteiger partial charge in [0.1, 0.15) is 17.0 Å². The van der Waals surface area contributed by atoms with E-state index in [4.69, 9.17) is 4.74 Å². The standard InChI is InChI=1S/C14H17BrFNO3/c1-13(2,3)20-12(18)17-7-14(19,8-17)10-6-9(16)4-5-11(10)15/h4-6,19H,7-8H2,1-3H3. The van der Waals surface area contributed by atoms with Crippen molar-refractivity contribution in [1.82, 2.24) is 4.90 Å². The van der Waals surface area contributed by atoms with Crippen molar-refractivity contribution in [2.45, 2.75) is 32.0 Å². The molecule has 1 N–H and O–H groups in total. The fourth-order valence-corrected chi connectivity index (χ4v) is 2.68. The molecule has 6 heteroatoms. The minimum absolute atomic E-state index is 0.0873. The highest BCUT2D eigenvalue weighted by Gasteiger charge is 2.47. The van der Waals surface area contributed by atoms with E-state index in [1.807, 2.05) is 0 Å². The lowest BCUT2D eigenvalue weighted by atomic mass is 9.86. The Balaban J connectivity index is 2.07. The molecular formula is C14H17BrFNO3.